The molecular weight excluding hydrogens is 216 g/mol. The molecule has 0 amide bonds. The van der Waals surface area contributed by atoms with Crippen LogP contribution in [0.3, 0.4) is 0 Å². The topological polar surface area (TPSA) is 87.0 Å². The number of aliphatic hydroxyl groups is 1. The van der Waals surface area contributed by atoms with Gasteiger partial charge in [0, 0.05) is 12.2 Å². The average molecular weight is 234 g/mol. The van der Waals surface area contributed by atoms with Crippen LogP contribution in [-0.2, 0) is 0 Å². The molecule has 1 unspecified atom stereocenters. The summed E-state index contributed by atoms with van der Waals surface area (Å²) in [6.07, 6.45) is 0.688. The van der Waals surface area contributed by atoms with Crippen molar-refractivity contribution >= 4 is 22.7 Å². The molecule has 5 nitrogen and oxygen atoms in total. The highest BCUT2D eigenvalue weighted by Crippen LogP contribution is 2.18. The van der Waals surface area contributed by atoms with Crippen molar-refractivity contribution in [3.8, 4) is 0 Å². The Morgan fingerprint density at radius 3 is 3.00 bits per heavy atom. The third-order valence-corrected chi connectivity index (χ3v) is 2.90. The zero-order chi connectivity index (χ0) is 12.5. The second kappa shape index (κ2) is 4.25. The third kappa shape index (κ3) is 2.68. The van der Waals surface area contributed by atoms with Gasteiger partial charge in [-0.1, -0.05) is 6.92 Å². The van der Waals surface area contributed by atoms with E-state index in [9.17, 15) is 5.11 Å². The minimum Gasteiger partial charge on any atom is -0.399 e. The van der Waals surface area contributed by atoms with Crippen LogP contribution in [0.2, 0.25) is 0 Å². The van der Waals surface area contributed by atoms with Crippen LogP contribution in [0.5, 0.6) is 0 Å². The summed E-state index contributed by atoms with van der Waals surface area (Å²) in [7, 11) is 0. The second-order valence-electron chi connectivity index (χ2n) is 4.57. The van der Waals surface area contributed by atoms with Crippen molar-refractivity contribution in [1.29, 1.82) is 0 Å². The average Bonchev–Trinajstić information content (AvgIpc) is 2.68. The van der Waals surface area contributed by atoms with Crippen molar-refractivity contribution in [3.05, 3.63) is 18.2 Å². The smallest absolute Gasteiger partial charge is 0.201 e. The number of hydrogen-bond donors (Lipinski definition) is 4. The number of aromatic nitrogens is 2. The van der Waals surface area contributed by atoms with Gasteiger partial charge in [-0.25, -0.2) is 4.98 Å². The van der Waals surface area contributed by atoms with Gasteiger partial charge < -0.3 is 21.1 Å². The van der Waals surface area contributed by atoms with Crippen LogP contribution >= 0.6 is 0 Å². The molecule has 0 aliphatic carbocycles. The van der Waals surface area contributed by atoms with Crippen molar-refractivity contribution in [2.45, 2.75) is 25.9 Å². The number of imidazole rings is 1. The minimum absolute atomic E-state index is 0.457. The Balaban J connectivity index is 2.15. The molecule has 0 spiro atoms. The number of fused-ring (bicyclic) bond motifs is 1. The van der Waals surface area contributed by atoms with Gasteiger partial charge in [-0.2, -0.15) is 0 Å². The Labute approximate surface area is 100 Å². The molecule has 0 bridgehead atoms. The van der Waals surface area contributed by atoms with E-state index in [0.717, 1.165) is 11.0 Å². The lowest BCUT2D eigenvalue weighted by Crippen LogP contribution is -2.32. The Hall–Kier alpha value is -1.75. The number of aromatic amines is 1. The summed E-state index contributed by atoms with van der Waals surface area (Å²) in [5.74, 6) is 0.652. The van der Waals surface area contributed by atoms with E-state index < -0.39 is 5.60 Å². The maximum atomic E-state index is 9.88. The fraction of sp³-hybridized carbons (Fsp3) is 0.417. The van der Waals surface area contributed by atoms with Gasteiger partial charge in [0.15, 0.2) is 0 Å². The summed E-state index contributed by atoms with van der Waals surface area (Å²) in [6.45, 7) is 4.19. The van der Waals surface area contributed by atoms with Crippen molar-refractivity contribution in [2.24, 2.45) is 0 Å². The molecule has 0 fully saturated rings. The van der Waals surface area contributed by atoms with Crippen molar-refractivity contribution < 1.29 is 5.11 Å². The number of anilines is 2. The Bertz CT molecular complexity index is 518. The summed E-state index contributed by atoms with van der Waals surface area (Å²) in [6, 6.07) is 5.52. The maximum Gasteiger partial charge on any atom is 0.201 e. The summed E-state index contributed by atoms with van der Waals surface area (Å²) < 4.78 is 0. The molecule has 5 heteroatoms. The van der Waals surface area contributed by atoms with Gasteiger partial charge in [0.25, 0.3) is 0 Å². The molecule has 1 heterocycles. The van der Waals surface area contributed by atoms with E-state index in [2.05, 4.69) is 15.3 Å². The predicted octanol–water partition coefficient (Wildman–Crippen LogP) is 1.72. The number of nitrogens with zero attached hydrogens (tertiary/aromatic N) is 1. The highest BCUT2D eigenvalue weighted by molar-refractivity contribution is 5.80. The van der Waals surface area contributed by atoms with E-state index in [0.29, 0.717) is 24.6 Å². The van der Waals surface area contributed by atoms with E-state index in [4.69, 9.17) is 5.73 Å². The molecule has 92 valence electrons. The van der Waals surface area contributed by atoms with E-state index in [-0.39, 0.29) is 0 Å². The quantitative estimate of drug-likeness (QED) is 0.607. The predicted molar refractivity (Wildman–Crippen MR) is 69.9 cm³/mol. The van der Waals surface area contributed by atoms with Gasteiger partial charge in [0.1, 0.15) is 0 Å². The molecule has 2 rings (SSSR count). The minimum atomic E-state index is -0.724. The molecule has 1 atom stereocenters. The summed E-state index contributed by atoms with van der Waals surface area (Å²) in [4.78, 5) is 7.48. The fourth-order valence-corrected chi connectivity index (χ4v) is 1.51. The lowest BCUT2D eigenvalue weighted by Gasteiger charge is -2.21. The standard InChI is InChI=1S/C12H18N4O/c1-3-12(2,17)7-14-11-15-9-5-4-8(13)6-10(9)16-11/h4-6,17H,3,7,13H2,1-2H3,(H2,14,15,16). The van der Waals surface area contributed by atoms with Gasteiger partial charge in [-0.15, -0.1) is 0 Å². The monoisotopic (exact) mass is 234 g/mol. The van der Waals surface area contributed by atoms with Gasteiger partial charge in [-0.05, 0) is 31.5 Å². The molecule has 0 saturated heterocycles. The molecule has 17 heavy (non-hydrogen) atoms. The van der Waals surface area contributed by atoms with Crippen molar-refractivity contribution in [1.82, 2.24) is 9.97 Å². The summed E-state index contributed by atoms with van der Waals surface area (Å²) in [5.41, 5.74) is 7.42. The molecule has 0 aliphatic heterocycles. The first-order valence-electron chi connectivity index (χ1n) is 5.72. The van der Waals surface area contributed by atoms with Crippen LogP contribution in [0.25, 0.3) is 11.0 Å². The molecule has 5 N–H and O–H groups in total. The number of nitrogens with two attached hydrogens (primary N) is 1. The van der Waals surface area contributed by atoms with Crippen molar-refractivity contribution in [2.75, 3.05) is 17.6 Å². The lowest BCUT2D eigenvalue weighted by atomic mass is 10.0. The third-order valence-electron chi connectivity index (χ3n) is 2.90. The molecule has 2 aromatic rings. The zero-order valence-corrected chi connectivity index (χ0v) is 10.1. The van der Waals surface area contributed by atoms with Crippen LogP contribution in [0.4, 0.5) is 11.6 Å². The van der Waals surface area contributed by atoms with Crippen LogP contribution in [0.15, 0.2) is 18.2 Å². The number of nitrogen functional groups attached to an aromatic ring is 1. The number of H-pyrrole nitrogens is 1. The molecular formula is C12H18N4O. The number of benzene rings is 1. The van der Waals surface area contributed by atoms with Gasteiger partial charge in [-0.3, -0.25) is 0 Å². The Morgan fingerprint density at radius 2 is 2.29 bits per heavy atom. The normalized spacial score (nSPS) is 14.8. The first kappa shape index (κ1) is 11.7. The Morgan fingerprint density at radius 1 is 1.53 bits per heavy atom. The van der Waals surface area contributed by atoms with Crippen LogP contribution < -0.4 is 11.1 Å². The molecule has 1 aromatic heterocycles. The van der Waals surface area contributed by atoms with E-state index in [1.807, 2.05) is 25.1 Å². The second-order valence-corrected chi connectivity index (χ2v) is 4.57. The van der Waals surface area contributed by atoms with E-state index in [1.54, 1.807) is 6.92 Å². The zero-order valence-electron chi connectivity index (χ0n) is 10.1. The van der Waals surface area contributed by atoms with E-state index in [1.165, 1.54) is 0 Å². The largest absolute Gasteiger partial charge is 0.399 e. The lowest BCUT2D eigenvalue weighted by molar-refractivity contribution is 0.0696. The molecule has 0 radical (unpaired) electrons. The van der Waals surface area contributed by atoms with Gasteiger partial charge >= 0.3 is 0 Å². The Kier molecular flexibility index (Phi) is 2.93. The van der Waals surface area contributed by atoms with Crippen molar-refractivity contribution in [3.63, 3.8) is 0 Å². The highest BCUT2D eigenvalue weighted by atomic mass is 16.3. The maximum absolute atomic E-state index is 9.88. The van der Waals surface area contributed by atoms with Crippen LogP contribution in [0.1, 0.15) is 20.3 Å². The molecule has 0 aliphatic rings. The molecule has 1 aromatic carbocycles. The first-order chi connectivity index (χ1) is 8.00. The fourth-order valence-electron chi connectivity index (χ4n) is 1.51. The highest BCUT2D eigenvalue weighted by Gasteiger charge is 2.17. The number of hydrogen-bond acceptors (Lipinski definition) is 4. The SMILES string of the molecule is CCC(C)(O)CNc1nc2ccc(N)cc2[nH]1. The van der Waals surface area contributed by atoms with Crippen LogP contribution in [0, 0.1) is 0 Å². The summed E-state index contributed by atoms with van der Waals surface area (Å²) in [5, 5.41) is 13.0. The van der Waals surface area contributed by atoms with E-state index >= 15 is 0 Å². The molecule has 0 saturated carbocycles. The summed E-state index contributed by atoms with van der Waals surface area (Å²) >= 11 is 0. The van der Waals surface area contributed by atoms with Gasteiger partial charge in [0.05, 0.1) is 16.6 Å². The number of rotatable bonds is 4. The van der Waals surface area contributed by atoms with Crippen LogP contribution in [-0.4, -0.2) is 27.2 Å². The van der Waals surface area contributed by atoms with Gasteiger partial charge in [0.2, 0.25) is 5.95 Å². The first-order valence-corrected chi connectivity index (χ1v) is 5.72. The number of nitrogens with one attached hydrogen (secondary N) is 2.